The van der Waals surface area contributed by atoms with Gasteiger partial charge in [0.15, 0.2) is 5.84 Å². The van der Waals surface area contributed by atoms with Gasteiger partial charge in [-0.1, -0.05) is 23.2 Å². The Hall–Kier alpha value is -2.30. The van der Waals surface area contributed by atoms with Crippen LogP contribution >= 0.6 is 23.2 Å². The van der Waals surface area contributed by atoms with E-state index in [4.69, 9.17) is 44.7 Å². The van der Waals surface area contributed by atoms with Crippen molar-refractivity contribution in [1.29, 1.82) is 10.7 Å². The molecule has 0 bridgehead atoms. The van der Waals surface area contributed by atoms with E-state index < -0.39 is 11.8 Å². The van der Waals surface area contributed by atoms with Crippen molar-refractivity contribution in [2.75, 3.05) is 5.43 Å². The minimum Gasteiger partial charge on any atom is -0.478 e. The summed E-state index contributed by atoms with van der Waals surface area (Å²) in [6, 6.07) is 3.96. The molecule has 0 radical (unpaired) electrons. The van der Waals surface area contributed by atoms with Crippen LogP contribution in [0.15, 0.2) is 17.2 Å². The average molecular weight is 300 g/mol. The van der Waals surface area contributed by atoms with Crippen LogP contribution in [0.5, 0.6) is 0 Å². The standard InChI is InChI=1S/C10H7Cl2N5O2/c11-5-1-4(10(18)19)7(2-6(5)12)16-17-8(3-13)9(14)15/h1-2,16H,(H3,14,15)(H,18,19)/b17-8+. The molecule has 9 heteroatoms. The Morgan fingerprint density at radius 1 is 1.47 bits per heavy atom. The number of hydrazone groups is 1. The molecule has 1 rings (SSSR count). The number of halogens is 2. The number of nitriles is 1. The van der Waals surface area contributed by atoms with Gasteiger partial charge in [-0.15, -0.1) is 0 Å². The predicted octanol–water partition coefficient (Wildman–Crippen LogP) is 1.92. The first-order valence-corrected chi connectivity index (χ1v) is 5.43. The topological polar surface area (TPSA) is 135 Å². The van der Waals surface area contributed by atoms with E-state index in [0.717, 1.165) is 6.07 Å². The summed E-state index contributed by atoms with van der Waals surface area (Å²) in [5.41, 5.74) is 6.86. The average Bonchev–Trinajstić information content (AvgIpc) is 2.33. The molecule has 0 saturated heterocycles. The van der Waals surface area contributed by atoms with Crippen molar-refractivity contribution in [3.8, 4) is 6.07 Å². The van der Waals surface area contributed by atoms with Crippen LogP contribution in [0.1, 0.15) is 10.4 Å². The number of carboxylic acid groups (broad SMARTS) is 1. The number of nitrogens with two attached hydrogens (primary N) is 1. The molecule has 0 fully saturated rings. The summed E-state index contributed by atoms with van der Waals surface area (Å²) in [5.74, 6) is -1.80. The highest BCUT2D eigenvalue weighted by Crippen LogP contribution is 2.29. The van der Waals surface area contributed by atoms with Crippen molar-refractivity contribution in [2.45, 2.75) is 0 Å². The van der Waals surface area contributed by atoms with Gasteiger partial charge in [-0.05, 0) is 12.1 Å². The third-order valence-electron chi connectivity index (χ3n) is 1.94. The minimum absolute atomic E-state index is 0.0240. The molecule has 0 heterocycles. The molecular formula is C10H7Cl2N5O2. The van der Waals surface area contributed by atoms with E-state index >= 15 is 0 Å². The molecule has 0 atom stereocenters. The fourth-order valence-electron chi connectivity index (χ4n) is 1.08. The van der Waals surface area contributed by atoms with Crippen LogP contribution in [0.25, 0.3) is 0 Å². The molecule has 1 aromatic rings. The van der Waals surface area contributed by atoms with Crippen molar-refractivity contribution in [3.05, 3.63) is 27.7 Å². The maximum Gasteiger partial charge on any atom is 0.337 e. The lowest BCUT2D eigenvalue weighted by molar-refractivity contribution is 0.0698. The summed E-state index contributed by atoms with van der Waals surface area (Å²) >= 11 is 11.5. The van der Waals surface area contributed by atoms with Crippen molar-refractivity contribution in [1.82, 2.24) is 0 Å². The first kappa shape index (κ1) is 14.8. The molecule has 0 aliphatic carbocycles. The number of nitrogens with zero attached hydrogens (tertiary/aromatic N) is 2. The van der Waals surface area contributed by atoms with E-state index in [1.54, 1.807) is 6.07 Å². The highest BCUT2D eigenvalue weighted by Gasteiger charge is 2.13. The quantitative estimate of drug-likeness (QED) is 0.382. The largest absolute Gasteiger partial charge is 0.478 e. The highest BCUT2D eigenvalue weighted by atomic mass is 35.5. The minimum atomic E-state index is -1.25. The summed E-state index contributed by atoms with van der Waals surface area (Å²) in [5, 5.41) is 28.4. The van der Waals surface area contributed by atoms with Gasteiger partial charge in [-0.2, -0.15) is 10.4 Å². The van der Waals surface area contributed by atoms with E-state index in [1.165, 1.54) is 6.07 Å². The van der Waals surface area contributed by atoms with Crippen molar-refractivity contribution >= 4 is 46.4 Å². The number of nitrogens with one attached hydrogen (secondary N) is 2. The Bertz CT molecular complexity index is 621. The second kappa shape index (κ2) is 6.04. The van der Waals surface area contributed by atoms with E-state index in [0.29, 0.717) is 0 Å². The number of benzene rings is 1. The van der Waals surface area contributed by atoms with Crippen molar-refractivity contribution in [3.63, 3.8) is 0 Å². The number of hydrogen-bond donors (Lipinski definition) is 4. The lowest BCUT2D eigenvalue weighted by Crippen LogP contribution is -2.22. The van der Waals surface area contributed by atoms with Crippen LogP contribution in [0.3, 0.4) is 0 Å². The Labute approximate surface area is 117 Å². The molecule has 0 saturated carbocycles. The van der Waals surface area contributed by atoms with Crippen LogP contribution in [0.4, 0.5) is 5.69 Å². The van der Waals surface area contributed by atoms with Gasteiger partial charge in [0, 0.05) is 0 Å². The van der Waals surface area contributed by atoms with E-state index in [9.17, 15) is 4.79 Å². The summed E-state index contributed by atoms with van der Waals surface area (Å²) in [4.78, 5) is 11.0. The number of carboxylic acids is 1. The number of hydrogen-bond acceptors (Lipinski definition) is 5. The SMILES string of the molecule is N#C/C(=N\Nc1cc(Cl)c(Cl)cc1C(=O)O)C(=N)N. The molecular weight excluding hydrogens is 293 g/mol. The van der Waals surface area contributed by atoms with E-state index in [-0.39, 0.29) is 27.0 Å². The predicted molar refractivity (Wildman–Crippen MR) is 72.0 cm³/mol. The van der Waals surface area contributed by atoms with Gasteiger partial charge in [0.05, 0.1) is 21.3 Å². The third kappa shape index (κ3) is 3.58. The zero-order chi connectivity index (χ0) is 14.6. The fraction of sp³-hybridized carbons (Fsp3) is 0. The summed E-state index contributed by atoms with van der Waals surface area (Å²) in [6.45, 7) is 0. The Morgan fingerprint density at radius 3 is 2.53 bits per heavy atom. The lowest BCUT2D eigenvalue weighted by atomic mass is 10.2. The molecule has 0 aliphatic rings. The zero-order valence-corrected chi connectivity index (χ0v) is 10.7. The molecule has 19 heavy (non-hydrogen) atoms. The zero-order valence-electron chi connectivity index (χ0n) is 9.24. The Balaban J connectivity index is 3.21. The number of anilines is 1. The van der Waals surface area contributed by atoms with Crippen molar-refractivity contribution < 1.29 is 9.90 Å². The van der Waals surface area contributed by atoms with Gasteiger partial charge in [0.1, 0.15) is 6.07 Å². The monoisotopic (exact) mass is 299 g/mol. The van der Waals surface area contributed by atoms with Gasteiger partial charge in [0.25, 0.3) is 0 Å². The van der Waals surface area contributed by atoms with Crippen LogP contribution in [0.2, 0.25) is 10.0 Å². The number of rotatable bonds is 4. The Morgan fingerprint density at radius 2 is 2.05 bits per heavy atom. The molecule has 0 aliphatic heterocycles. The smallest absolute Gasteiger partial charge is 0.337 e. The second-order valence-corrected chi connectivity index (χ2v) is 4.03. The molecule has 0 aromatic heterocycles. The molecule has 0 spiro atoms. The van der Waals surface area contributed by atoms with E-state index in [1.807, 2.05) is 0 Å². The molecule has 5 N–H and O–H groups in total. The summed E-state index contributed by atoms with van der Waals surface area (Å²) in [6.07, 6.45) is 0. The van der Waals surface area contributed by atoms with Crippen LogP contribution in [-0.2, 0) is 0 Å². The molecule has 0 unspecified atom stereocenters. The van der Waals surface area contributed by atoms with Gasteiger partial charge in [-0.3, -0.25) is 10.8 Å². The van der Waals surface area contributed by atoms with Gasteiger partial charge in [0.2, 0.25) is 5.71 Å². The summed E-state index contributed by atoms with van der Waals surface area (Å²) in [7, 11) is 0. The van der Waals surface area contributed by atoms with E-state index in [2.05, 4.69) is 10.5 Å². The molecule has 1 aromatic carbocycles. The van der Waals surface area contributed by atoms with Crippen LogP contribution < -0.4 is 11.2 Å². The van der Waals surface area contributed by atoms with Gasteiger partial charge < -0.3 is 10.8 Å². The first-order chi connectivity index (χ1) is 8.86. The maximum absolute atomic E-state index is 11.0. The molecule has 7 nitrogen and oxygen atoms in total. The van der Waals surface area contributed by atoms with Gasteiger partial charge >= 0.3 is 5.97 Å². The maximum atomic E-state index is 11.0. The fourth-order valence-corrected chi connectivity index (χ4v) is 1.41. The van der Waals surface area contributed by atoms with Crippen molar-refractivity contribution in [2.24, 2.45) is 10.8 Å². The Kier molecular flexibility index (Phi) is 4.69. The first-order valence-electron chi connectivity index (χ1n) is 4.67. The highest BCUT2D eigenvalue weighted by molar-refractivity contribution is 6.46. The van der Waals surface area contributed by atoms with Crippen LogP contribution in [0, 0.1) is 16.7 Å². The van der Waals surface area contributed by atoms with Crippen LogP contribution in [-0.4, -0.2) is 22.6 Å². The number of carbonyl (C=O) groups is 1. The second-order valence-electron chi connectivity index (χ2n) is 3.21. The summed E-state index contributed by atoms with van der Waals surface area (Å²) < 4.78 is 0. The molecule has 98 valence electrons. The number of aromatic carboxylic acids is 1. The molecule has 0 amide bonds. The lowest BCUT2D eigenvalue weighted by Gasteiger charge is -2.07. The number of amidine groups is 1. The van der Waals surface area contributed by atoms with Gasteiger partial charge in [-0.25, -0.2) is 4.79 Å². The normalized spacial score (nSPS) is 10.7. The third-order valence-corrected chi connectivity index (χ3v) is 2.66.